The number of carboxylic acids is 1. The molecule has 0 radical (unpaired) electrons. The molecule has 0 bridgehead atoms. The van der Waals surface area contributed by atoms with Crippen LogP contribution in [0.3, 0.4) is 0 Å². The van der Waals surface area contributed by atoms with Crippen LogP contribution in [-0.2, 0) is 21.5 Å². The predicted molar refractivity (Wildman–Crippen MR) is 69.0 cm³/mol. The van der Waals surface area contributed by atoms with E-state index in [-0.39, 0.29) is 0 Å². The molecule has 1 aliphatic rings. The maximum Gasteiger partial charge on any atom is 0.326 e. The number of nitrogens with two attached hydrogens (primary N) is 3. The largest absolute Gasteiger partial charge is 0.480 e. The van der Waals surface area contributed by atoms with E-state index in [9.17, 15) is 14.7 Å². The molecular formula is C13H17N3O3. The van der Waals surface area contributed by atoms with Gasteiger partial charge in [-0.1, -0.05) is 24.3 Å². The summed E-state index contributed by atoms with van der Waals surface area (Å²) in [6.45, 7) is 0. The van der Waals surface area contributed by atoms with Crippen LogP contribution in [-0.4, -0.2) is 22.5 Å². The monoisotopic (exact) mass is 263 g/mol. The Morgan fingerprint density at radius 1 is 1.37 bits per heavy atom. The van der Waals surface area contributed by atoms with Crippen molar-refractivity contribution in [1.29, 1.82) is 0 Å². The van der Waals surface area contributed by atoms with Gasteiger partial charge in [-0.15, -0.1) is 0 Å². The van der Waals surface area contributed by atoms with Crippen LogP contribution in [0.1, 0.15) is 24.0 Å². The standard InChI is InChI=1S/C13H17N3O3/c14-10(17)7-13(16,11(18)19)12(15)6-5-8-3-1-2-4-9(8)12/h1-4H,5-7,15-16H2,(H2,14,17)(H,18,19)/t12?,13-/m0/s1. The zero-order chi connectivity index (χ0) is 14.3. The number of rotatable bonds is 4. The van der Waals surface area contributed by atoms with E-state index in [1.54, 1.807) is 12.1 Å². The van der Waals surface area contributed by atoms with Crippen LogP contribution in [0.4, 0.5) is 0 Å². The van der Waals surface area contributed by atoms with Crippen LogP contribution < -0.4 is 17.2 Å². The average Bonchev–Trinajstić information content (AvgIpc) is 2.68. The van der Waals surface area contributed by atoms with E-state index < -0.39 is 29.4 Å². The molecule has 0 saturated carbocycles. The summed E-state index contributed by atoms with van der Waals surface area (Å²) in [5.74, 6) is -2.09. The molecule has 0 aliphatic heterocycles. The molecule has 0 heterocycles. The number of benzene rings is 1. The van der Waals surface area contributed by atoms with E-state index in [1.165, 1.54) is 0 Å². The lowest BCUT2D eigenvalue weighted by atomic mass is 9.72. The van der Waals surface area contributed by atoms with E-state index >= 15 is 0 Å². The van der Waals surface area contributed by atoms with Gasteiger partial charge in [-0.05, 0) is 24.0 Å². The van der Waals surface area contributed by atoms with Crippen molar-refractivity contribution in [1.82, 2.24) is 0 Å². The highest BCUT2D eigenvalue weighted by Crippen LogP contribution is 2.42. The molecule has 6 nitrogen and oxygen atoms in total. The van der Waals surface area contributed by atoms with Crippen molar-refractivity contribution < 1.29 is 14.7 Å². The van der Waals surface area contributed by atoms with Crippen molar-refractivity contribution >= 4 is 11.9 Å². The Bertz CT molecular complexity index is 546. The summed E-state index contributed by atoms with van der Waals surface area (Å²) in [5, 5.41) is 9.42. The van der Waals surface area contributed by atoms with Crippen LogP contribution in [0.15, 0.2) is 24.3 Å². The number of hydrogen-bond donors (Lipinski definition) is 4. The first-order valence-electron chi connectivity index (χ1n) is 5.99. The van der Waals surface area contributed by atoms with E-state index in [4.69, 9.17) is 17.2 Å². The van der Waals surface area contributed by atoms with Crippen LogP contribution in [0.2, 0.25) is 0 Å². The SMILES string of the molecule is NC(=O)C[C@](N)(C(=O)O)C1(N)CCc2ccccc21. The predicted octanol–water partition coefficient (Wildman–Crippen LogP) is -0.556. The second-order valence-electron chi connectivity index (χ2n) is 5.05. The maximum absolute atomic E-state index is 11.5. The van der Waals surface area contributed by atoms with Gasteiger partial charge in [0.2, 0.25) is 5.91 Å². The molecule has 0 saturated heterocycles. The van der Waals surface area contributed by atoms with Gasteiger partial charge in [-0.2, -0.15) is 0 Å². The molecular weight excluding hydrogens is 246 g/mol. The Balaban J connectivity index is 2.54. The molecule has 1 aromatic carbocycles. The third-order valence-corrected chi connectivity index (χ3v) is 3.92. The zero-order valence-electron chi connectivity index (χ0n) is 10.4. The van der Waals surface area contributed by atoms with Gasteiger partial charge >= 0.3 is 5.97 Å². The molecule has 2 atom stereocenters. The third kappa shape index (κ3) is 1.89. The molecule has 0 fully saturated rings. The van der Waals surface area contributed by atoms with E-state index in [1.807, 2.05) is 12.1 Å². The fourth-order valence-electron chi connectivity index (χ4n) is 2.80. The molecule has 0 spiro atoms. The summed E-state index contributed by atoms with van der Waals surface area (Å²) in [6.07, 6.45) is 0.521. The van der Waals surface area contributed by atoms with Crippen LogP contribution in [0, 0.1) is 0 Å². The zero-order valence-corrected chi connectivity index (χ0v) is 10.4. The average molecular weight is 263 g/mol. The number of fused-ring (bicyclic) bond motifs is 1. The van der Waals surface area contributed by atoms with Crippen LogP contribution in [0.25, 0.3) is 0 Å². The third-order valence-electron chi connectivity index (χ3n) is 3.92. The maximum atomic E-state index is 11.5. The molecule has 1 aliphatic carbocycles. The van der Waals surface area contributed by atoms with Crippen molar-refractivity contribution in [3.63, 3.8) is 0 Å². The van der Waals surface area contributed by atoms with Crippen molar-refractivity contribution in [2.75, 3.05) is 0 Å². The number of amides is 1. The summed E-state index contributed by atoms with van der Waals surface area (Å²) in [6, 6.07) is 7.28. The van der Waals surface area contributed by atoms with Crippen molar-refractivity contribution in [3.05, 3.63) is 35.4 Å². The molecule has 19 heavy (non-hydrogen) atoms. The van der Waals surface area contributed by atoms with Gasteiger partial charge < -0.3 is 22.3 Å². The van der Waals surface area contributed by atoms with E-state index in [0.29, 0.717) is 18.4 Å². The highest BCUT2D eigenvalue weighted by atomic mass is 16.4. The highest BCUT2D eigenvalue weighted by Gasteiger charge is 2.56. The molecule has 1 unspecified atom stereocenters. The lowest BCUT2D eigenvalue weighted by molar-refractivity contribution is -0.149. The van der Waals surface area contributed by atoms with Crippen molar-refractivity contribution in [3.8, 4) is 0 Å². The van der Waals surface area contributed by atoms with Gasteiger partial charge in [0.15, 0.2) is 0 Å². The second kappa shape index (κ2) is 4.32. The van der Waals surface area contributed by atoms with Crippen molar-refractivity contribution in [2.24, 2.45) is 17.2 Å². The Morgan fingerprint density at radius 2 is 2.00 bits per heavy atom. The van der Waals surface area contributed by atoms with E-state index in [2.05, 4.69) is 0 Å². The van der Waals surface area contributed by atoms with Gasteiger partial charge in [0.1, 0.15) is 5.54 Å². The summed E-state index contributed by atoms with van der Waals surface area (Å²) in [5.41, 5.74) is 15.8. The number of aryl methyl sites for hydroxylation is 1. The Kier molecular flexibility index (Phi) is 3.07. The molecule has 2 rings (SSSR count). The van der Waals surface area contributed by atoms with Crippen LogP contribution >= 0.6 is 0 Å². The highest BCUT2D eigenvalue weighted by molar-refractivity contribution is 5.89. The van der Waals surface area contributed by atoms with E-state index in [0.717, 1.165) is 5.56 Å². The number of carbonyl (C=O) groups excluding carboxylic acids is 1. The lowest BCUT2D eigenvalue weighted by Gasteiger charge is -2.40. The first kappa shape index (κ1) is 13.5. The summed E-state index contributed by atoms with van der Waals surface area (Å²) >= 11 is 0. The molecule has 7 N–H and O–H groups in total. The fourth-order valence-corrected chi connectivity index (χ4v) is 2.80. The number of carbonyl (C=O) groups is 2. The summed E-state index contributed by atoms with van der Waals surface area (Å²) in [7, 11) is 0. The normalized spacial score (nSPS) is 24.5. The van der Waals surface area contributed by atoms with Gasteiger partial charge in [-0.3, -0.25) is 9.59 Å². The minimum Gasteiger partial charge on any atom is -0.480 e. The molecule has 1 aromatic rings. The quantitative estimate of drug-likeness (QED) is 0.578. The fraction of sp³-hybridized carbons (Fsp3) is 0.385. The van der Waals surface area contributed by atoms with Gasteiger partial charge in [0.05, 0.1) is 12.0 Å². The van der Waals surface area contributed by atoms with Crippen LogP contribution in [0.5, 0.6) is 0 Å². The Labute approximate surface area is 110 Å². The smallest absolute Gasteiger partial charge is 0.326 e. The number of aliphatic carboxylic acids is 1. The first-order chi connectivity index (χ1) is 8.81. The molecule has 102 valence electrons. The van der Waals surface area contributed by atoms with Gasteiger partial charge in [-0.25, -0.2) is 0 Å². The lowest BCUT2D eigenvalue weighted by Crippen LogP contribution is -2.68. The Hall–Kier alpha value is -1.92. The molecule has 6 heteroatoms. The number of hydrogen-bond acceptors (Lipinski definition) is 4. The second-order valence-corrected chi connectivity index (χ2v) is 5.05. The Morgan fingerprint density at radius 3 is 2.58 bits per heavy atom. The minimum atomic E-state index is -1.90. The number of primary amides is 1. The topological polar surface area (TPSA) is 132 Å². The first-order valence-corrected chi connectivity index (χ1v) is 5.99. The van der Waals surface area contributed by atoms with Gasteiger partial charge in [0.25, 0.3) is 0 Å². The van der Waals surface area contributed by atoms with Crippen molar-refractivity contribution in [2.45, 2.75) is 30.3 Å². The van der Waals surface area contributed by atoms with Gasteiger partial charge in [0, 0.05) is 0 Å². The summed E-state index contributed by atoms with van der Waals surface area (Å²) in [4.78, 5) is 22.7. The summed E-state index contributed by atoms with van der Waals surface area (Å²) < 4.78 is 0. The molecule has 1 amide bonds. The molecule has 0 aromatic heterocycles. The minimum absolute atomic E-state index is 0.377. The number of carboxylic acid groups (broad SMARTS) is 1.